The maximum atomic E-state index is 11.9. The van der Waals surface area contributed by atoms with E-state index in [1.807, 2.05) is 23.6 Å². The van der Waals surface area contributed by atoms with Crippen LogP contribution in [-0.4, -0.2) is 32.0 Å². The standard InChI is InChI=1S/C16H15NO4S2/c1-19-11-6-9(7-12-14(11)21-4-3-20-12)15-16-10(2-5-22-16)17-13(18)8-23-15/h2,5-7,15H,3-4,8H2,1H3,(H,17,18). The minimum atomic E-state index is 0.0293. The quantitative estimate of drug-likeness (QED) is 0.901. The molecule has 0 saturated carbocycles. The van der Waals surface area contributed by atoms with Gasteiger partial charge >= 0.3 is 0 Å². The Morgan fingerprint density at radius 3 is 3.04 bits per heavy atom. The SMILES string of the molecule is COc1cc(C2SCC(=O)Nc3ccsc32)cc2c1OCCO2. The van der Waals surface area contributed by atoms with Crippen molar-refractivity contribution in [3.05, 3.63) is 34.0 Å². The molecule has 2 aliphatic rings. The second-order valence-corrected chi connectivity index (χ2v) is 7.23. The van der Waals surface area contributed by atoms with E-state index in [1.165, 1.54) is 0 Å². The van der Waals surface area contributed by atoms with E-state index in [0.717, 1.165) is 16.1 Å². The first-order chi connectivity index (χ1) is 11.3. The van der Waals surface area contributed by atoms with Gasteiger partial charge in [0.15, 0.2) is 11.5 Å². The summed E-state index contributed by atoms with van der Waals surface area (Å²) in [5.74, 6) is 2.47. The Labute approximate surface area is 141 Å². The van der Waals surface area contributed by atoms with Crippen molar-refractivity contribution < 1.29 is 19.0 Å². The van der Waals surface area contributed by atoms with Gasteiger partial charge in [-0.1, -0.05) is 0 Å². The van der Waals surface area contributed by atoms with Crippen LogP contribution in [0.4, 0.5) is 5.69 Å². The number of amides is 1. The molecule has 0 fully saturated rings. The normalized spacial score (nSPS) is 19.5. The van der Waals surface area contributed by atoms with Crippen LogP contribution < -0.4 is 19.5 Å². The predicted molar refractivity (Wildman–Crippen MR) is 91.2 cm³/mol. The van der Waals surface area contributed by atoms with Crippen LogP contribution in [0.15, 0.2) is 23.6 Å². The zero-order valence-corrected chi connectivity index (χ0v) is 14.1. The molecule has 0 aliphatic carbocycles. The average Bonchev–Trinajstić information content (AvgIpc) is 2.96. The molecular formula is C16H15NO4S2. The van der Waals surface area contributed by atoms with Crippen LogP contribution in [0.5, 0.6) is 17.2 Å². The average molecular weight is 349 g/mol. The molecule has 1 unspecified atom stereocenters. The van der Waals surface area contributed by atoms with Crippen LogP contribution in [0.3, 0.4) is 0 Å². The van der Waals surface area contributed by atoms with Crippen molar-refractivity contribution in [1.29, 1.82) is 0 Å². The molecule has 0 radical (unpaired) electrons. The highest BCUT2D eigenvalue weighted by molar-refractivity contribution is 8.00. The van der Waals surface area contributed by atoms with Crippen LogP contribution in [-0.2, 0) is 4.79 Å². The minimum Gasteiger partial charge on any atom is -0.493 e. The summed E-state index contributed by atoms with van der Waals surface area (Å²) in [7, 11) is 1.62. The van der Waals surface area contributed by atoms with Crippen molar-refractivity contribution in [2.24, 2.45) is 0 Å². The van der Waals surface area contributed by atoms with Gasteiger partial charge in [-0.05, 0) is 29.1 Å². The van der Waals surface area contributed by atoms with Gasteiger partial charge in [-0.25, -0.2) is 0 Å². The number of hydrogen-bond donors (Lipinski definition) is 1. The smallest absolute Gasteiger partial charge is 0.234 e. The Balaban J connectivity index is 1.80. The Kier molecular flexibility index (Phi) is 3.82. The number of hydrogen-bond acceptors (Lipinski definition) is 6. The third-order valence-corrected chi connectivity index (χ3v) is 6.14. The Bertz CT molecular complexity index is 741. The van der Waals surface area contributed by atoms with E-state index >= 15 is 0 Å². The maximum Gasteiger partial charge on any atom is 0.234 e. The van der Waals surface area contributed by atoms with Crippen molar-refractivity contribution in [3.63, 3.8) is 0 Å². The van der Waals surface area contributed by atoms with Gasteiger partial charge < -0.3 is 19.5 Å². The molecule has 7 heteroatoms. The van der Waals surface area contributed by atoms with Crippen molar-refractivity contribution in [1.82, 2.24) is 0 Å². The molecule has 4 rings (SSSR count). The zero-order valence-electron chi connectivity index (χ0n) is 12.5. The van der Waals surface area contributed by atoms with Crippen molar-refractivity contribution in [3.8, 4) is 17.2 Å². The molecule has 1 aromatic heterocycles. The highest BCUT2D eigenvalue weighted by atomic mass is 32.2. The largest absolute Gasteiger partial charge is 0.493 e. The van der Waals surface area contributed by atoms with E-state index in [-0.39, 0.29) is 11.2 Å². The summed E-state index contributed by atoms with van der Waals surface area (Å²) in [5.41, 5.74) is 1.94. The molecule has 1 aromatic carbocycles. The van der Waals surface area contributed by atoms with Gasteiger partial charge in [0.2, 0.25) is 11.7 Å². The summed E-state index contributed by atoms with van der Waals surface area (Å²) < 4.78 is 16.9. The van der Waals surface area contributed by atoms with Gasteiger partial charge in [0.05, 0.1) is 23.8 Å². The number of carbonyl (C=O) groups is 1. The van der Waals surface area contributed by atoms with Gasteiger partial charge in [0.1, 0.15) is 13.2 Å². The fourth-order valence-electron chi connectivity index (χ4n) is 2.74. The Hall–Kier alpha value is -1.86. The molecule has 3 heterocycles. The lowest BCUT2D eigenvalue weighted by Crippen LogP contribution is -2.16. The number of rotatable bonds is 2. The van der Waals surface area contributed by atoms with Gasteiger partial charge in [-0.2, -0.15) is 0 Å². The second-order valence-electron chi connectivity index (χ2n) is 5.19. The zero-order chi connectivity index (χ0) is 15.8. The molecular weight excluding hydrogens is 334 g/mol. The molecule has 1 atom stereocenters. The highest BCUT2D eigenvalue weighted by Gasteiger charge is 2.28. The molecule has 5 nitrogen and oxygen atoms in total. The summed E-state index contributed by atoms with van der Waals surface area (Å²) in [4.78, 5) is 13.0. The summed E-state index contributed by atoms with van der Waals surface area (Å²) in [6, 6.07) is 5.92. The second kappa shape index (κ2) is 5.98. The molecule has 120 valence electrons. The fourth-order valence-corrected chi connectivity index (χ4v) is 4.96. The first kappa shape index (κ1) is 14.7. The monoisotopic (exact) mass is 349 g/mol. The lowest BCUT2D eigenvalue weighted by molar-refractivity contribution is -0.113. The summed E-state index contributed by atoms with van der Waals surface area (Å²) in [6.45, 7) is 1.05. The number of anilines is 1. The van der Waals surface area contributed by atoms with Crippen LogP contribution in [0.25, 0.3) is 0 Å². The molecule has 0 saturated heterocycles. The third-order valence-electron chi connectivity index (χ3n) is 3.74. The van der Waals surface area contributed by atoms with Crippen LogP contribution in [0.1, 0.15) is 15.7 Å². The number of benzene rings is 1. The first-order valence-electron chi connectivity index (χ1n) is 7.22. The lowest BCUT2D eigenvalue weighted by Gasteiger charge is -2.23. The van der Waals surface area contributed by atoms with Crippen LogP contribution in [0, 0.1) is 0 Å². The molecule has 2 aromatic rings. The Morgan fingerprint density at radius 1 is 1.30 bits per heavy atom. The highest BCUT2D eigenvalue weighted by Crippen LogP contribution is 2.49. The van der Waals surface area contributed by atoms with E-state index in [0.29, 0.717) is 36.2 Å². The number of carbonyl (C=O) groups excluding carboxylic acids is 1. The van der Waals surface area contributed by atoms with E-state index < -0.39 is 0 Å². The van der Waals surface area contributed by atoms with Gasteiger partial charge in [0.25, 0.3) is 0 Å². The number of thiophene rings is 1. The number of methoxy groups -OCH3 is 1. The molecule has 1 N–H and O–H groups in total. The van der Waals surface area contributed by atoms with Crippen LogP contribution >= 0.6 is 23.1 Å². The maximum absolute atomic E-state index is 11.9. The van der Waals surface area contributed by atoms with E-state index in [2.05, 4.69) is 5.32 Å². The first-order valence-corrected chi connectivity index (χ1v) is 9.15. The summed E-state index contributed by atoms with van der Waals surface area (Å²) >= 11 is 3.25. The molecule has 2 aliphatic heterocycles. The van der Waals surface area contributed by atoms with Crippen molar-refractivity contribution >= 4 is 34.7 Å². The van der Waals surface area contributed by atoms with E-state index in [9.17, 15) is 4.79 Å². The number of nitrogens with one attached hydrogen (secondary N) is 1. The molecule has 0 bridgehead atoms. The number of fused-ring (bicyclic) bond motifs is 2. The predicted octanol–water partition coefficient (Wildman–Crippen LogP) is 3.30. The van der Waals surface area contributed by atoms with Gasteiger partial charge in [-0.15, -0.1) is 23.1 Å². The van der Waals surface area contributed by atoms with Crippen molar-refractivity contribution in [2.45, 2.75) is 5.25 Å². The summed E-state index contributed by atoms with van der Waals surface area (Å²) in [6.07, 6.45) is 0. The molecule has 1 amide bonds. The van der Waals surface area contributed by atoms with E-state index in [4.69, 9.17) is 14.2 Å². The number of thioether (sulfide) groups is 1. The van der Waals surface area contributed by atoms with Crippen molar-refractivity contribution in [2.75, 3.05) is 31.4 Å². The summed E-state index contributed by atoms with van der Waals surface area (Å²) in [5, 5.41) is 5.02. The molecule has 0 spiro atoms. The minimum absolute atomic E-state index is 0.0293. The Morgan fingerprint density at radius 2 is 2.17 bits per heavy atom. The third kappa shape index (κ3) is 2.64. The molecule has 23 heavy (non-hydrogen) atoms. The van der Waals surface area contributed by atoms with E-state index in [1.54, 1.807) is 30.2 Å². The topological polar surface area (TPSA) is 56.8 Å². The van der Waals surface area contributed by atoms with Gasteiger partial charge in [0, 0.05) is 4.88 Å². The van der Waals surface area contributed by atoms with Gasteiger partial charge in [-0.3, -0.25) is 4.79 Å². The fraction of sp³-hybridized carbons (Fsp3) is 0.312. The lowest BCUT2D eigenvalue weighted by atomic mass is 10.1. The number of ether oxygens (including phenoxy) is 3. The van der Waals surface area contributed by atoms with Crippen LogP contribution in [0.2, 0.25) is 0 Å².